The fourth-order valence-corrected chi connectivity index (χ4v) is 2.26. The number of amides is 1. The van der Waals surface area contributed by atoms with E-state index in [0.717, 1.165) is 32.4 Å². The van der Waals surface area contributed by atoms with E-state index in [2.05, 4.69) is 10.3 Å². The standard InChI is InChI=1S/C13H19N5O3/c1-2-15-13(20)11(19)12-16-10(8-9(14)18(12)21)17-6-4-3-5-7-17/h8,14,21H,2-7H2,1H3,(H,15,20). The Morgan fingerprint density at radius 2 is 2.05 bits per heavy atom. The van der Waals surface area contributed by atoms with E-state index < -0.39 is 17.5 Å². The number of nitrogens with zero attached hydrogens (tertiary/aromatic N) is 3. The first-order chi connectivity index (χ1) is 10.0. The van der Waals surface area contributed by atoms with Crippen molar-refractivity contribution in [3.63, 3.8) is 0 Å². The topological polar surface area (TPSA) is 111 Å². The van der Waals surface area contributed by atoms with Crippen molar-refractivity contribution in [3.05, 3.63) is 17.4 Å². The summed E-state index contributed by atoms with van der Waals surface area (Å²) in [5, 5.41) is 19.8. The summed E-state index contributed by atoms with van der Waals surface area (Å²) in [6.07, 6.45) is 3.17. The summed E-state index contributed by atoms with van der Waals surface area (Å²) in [4.78, 5) is 29.6. The van der Waals surface area contributed by atoms with E-state index in [0.29, 0.717) is 17.1 Å². The molecule has 8 nitrogen and oxygen atoms in total. The monoisotopic (exact) mass is 293 g/mol. The number of carbonyl (C=O) groups excluding carboxylic acids is 2. The highest BCUT2D eigenvalue weighted by Gasteiger charge is 2.23. The van der Waals surface area contributed by atoms with Gasteiger partial charge in [-0.2, -0.15) is 0 Å². The van der Waals surface area contributed by atoms with E-state index >= 15 is 0 Å². The number of piperidine rings is 1. The third kappa shape index (κ3) is 3.21. The summed E-state index contributed by atoms with van der Waals surface area (Å²) in [6.45, 7) is 3.56. The molecule has 0 spiro atoms. The second kappa shape index (κ2) is 6.38. The molecule has 1 amide bonds. The van der Waals surface area contributed by atoms with Gasteiger partial charge >= 0.3 is 0 Å². The quantitative estimate of drug-likeness (QED) is 0.408. The van der Waals surface area contributed by atoms with E-state index in [1.54, 1.807) is 6.92 Å². The van der Waals surface area contributed by atoms with Crippen molar-refractivity contribution in [3.8, 4) is 0 Å². The first kappa shape index (κ1) is 15.0. The van der Waals surface area contributed by atoms with E-state index in [4.69, 9.17) is 5.41 Å². The number of ketones is 1. The van der Waals surface area contributed by atoms with Crippen LogP contribution < -0.4 is 15.7 Å². The number of rotatable bonds is 4. The second-order valence-electron chi connectivity index (χ2n) is 4.87. The SMILES string of the molecule is CCNC(=O)C(=O)c1nc(N2CCCCC2)cc(=N)n1O. The highest BCUT2D eigenvalue weighted by molar-refractivity contribution is 6.41. The summed E-state index contributed by atoms with van der Waals surface area (Å²) in [5.74, 6) is -1.79. The lowest BCUT2D eigenvalue weighted by atomic mass is 10.1. The molecule has 1 aromatic heterocycles. The average Bonchev–Trinajstić information content (AvgIpc) is 2.50. The van der Waals surface area contributed by atoms with Crippen molar-refractivity contribution >= 4 is 17.5 Å². The summed E-state index contributed by atoms with van der Waals surface area (Å²) < 4.78 is 0.338. The molecule has 21 heavy (non-hydrogen) atoms. The van der Waals surface area contributed by atoms with Crippen molar-refractivity contribution in [2.24, 2.45) is 0 Å². The van der Waals surface area contributed by atoms with Gasteiger partial charge in [0.25, 0.3) is 11.7 Å². The van der Waals surface area contributed by atoms with Gasteiger partial charge in [0.05, 0.1) is 0 Å². The summed E-state index contributed by atoms with van der Waals surface area (Å²) >= 11 is 0. The predicted octanol–water partition coefficient (Wildman–Crippen LogP) is -0.0910. The van der Waals surface area contributed by atoms with Gasteiger partial charge < -0.3 is 15.4 Å². The van der Waals surface area contributed by atoms with E-state index in [-0.39, 0.29) is 5.49 Å². The van der Waals surface area contributed by atoms with Crippen LogP contribution in [0, 0.1) is 5.41 Å². The Bertz CT molecular complexity index is 604. The number of hydrogen-bond donors (Lipinski definition) is 3. The van der Waals surface area contributed by atoms with Crippen LogP contribution in [0.2, 0.25) is 0 Å². The van der Waals surface area contributed by atoms with Crippen LogP contribution in [0.5, 0.6) is 0 Å². The van der Waals surface area contributed by atoms with Gasteiger partial charge in [0.2, 0.25) is 5.82 Å². The molecule has 0 aliphatic carbocycles. The van der Waals surface area contributed by atoms with Crippen LogP contribution in [-0.4, -0.2) is 46.2 Å². The van der Waals surface area contributed by atoms with Gasteiger partial charge in [-0.05, 0) is 26.2 Å². The molecule has 1 fully saturated rings. The van der Waals surface area contributed by atoms with Crippen LogP contribution in [0.3, 0.4) is 0 Å². The maximum atomic E-state index is 12.0. The second-order valence-corrected chi connectivity index (χ2v) is 4.87. The van der Waals surface area contributed by atoms with Gasteiger partial charge in [0.15, 0.2) is 5.49 Å². The molecular formula is C13H19N5O3. The lowest BCUT2D eigenvalue weighted by molar-refractivity contribution is -0.117. The Hall–Kier alpha value is -2.38. The number of nitrogens with one attached hydrogen (secondary N) is 2. The van der Waals surface area contributed by atoms with Gasteiger partial charge in [-0.3, -0.25) is 15.0 Å². The van der Waals surface area contributed by atoms with Crippen molar-refractivity contribution < 1.29 is 14.8 Å². The van der Waals surface area contributed by atoms with E-state index in [1.807, 2.05) is 4.90 Å². The Morgan fingerprint density at radius 3 is 2.67 bits per heavy atom. The largest absolute Gasteiger partial charge is 0.425 e. The van der Waals surface area contributed by atoms with Crippen molar-refractivity contribution in [1.29, 1.82) is 5.41 Å². The predicted molar refractivity (Wildman–Crippen MR) is 74.3 cm³/mol. The maximum absolute atomic E-state index is 12.0. The molecule has 1 aliphatic rings. The summed E-state index contributed by atoms with van der Waals surface area (Å²) in [7, 11) is 0. The molecule has 114 valence electrons. The zero-order valence-electron chi connectivity index (χ0n) is 11.9. The van der Waals surface area contributed by atoms with Crippen molar-refractivity contribution in [2.45, 2.75) is 26.2 Å². The molecule has 0 atom stereocenters. The summed E-state index contributed by atoms with van der Waals surface area (Å²) in [6, 6.07) is 1.39. The van der Waals surface area contributed by atoms with Crippen molar-refractivity contribution in [1.82, 2.24) is 15.0 Å². The number of likely N-dealkylation sites (N-methyl/N-ethyl adjacent to an activating group) is 1. The van der Waals surface area contributed by atoms with Crippen LogP contribution in [0.15, 0.2) is 6.07 Å². The molecule has 2 heterocycles. The Labute approximate surface area is 121 Å². The first-order valence-corrected chi connectivity index (χ1v) is 7.00. The highest BCUT2D eigenvalue weighted by atomic mass is 16.5. The zero-order chi connectivity index (χ0) is 15.4. The zero-order valence-corrected chi connectivity index (χ0v) is 11.9. The molecule has 3 N–H and O–H groups in total. The highest BCUT2D eigenvalue weighted by Crippen LogP contribution is 2.16. The maximum Gasteiger partial charge on any atom is 0.295 e. The molecule has 2 rings (SSSR count). The number of hydrogen-bond acceptors (Lipinski definition) is 6. The molecule has 0 radical (unpaired) electrons. The molecule has 1 aliphatic heterocycles. The van der Waals surface area contributed by atoms with Gasteiger partial charge in [0, 0.05) is 25.7 Å². The minimum atomic E-state index is -0.952. The summed E-state index contributed by atoms with van der Waals surface area (Å²) in [5.41, 5.74) is -0.279. The minimum Gasteiger partial charge on any atom is -0.425 e. The van der Waals surface area contributed by atoms with E-state index in [9.17, 15) is 14.8 Å². The molecule has 0 aromatic carbocycles. The van der Waals surface area contributed by atoms with E-state index in [1.165, 1.54) is 6.07 Å². The molecule has 1 aromatic rings. The van der Waals surface area contributed by atoms with Gasteiger partial charge in [-0.25, -0.2) is 4.98 Å². The normalized spacial score (nSPS) is 14.8. The Kier molecular flexibility index (Phi) is 4.56. The van der Waals surface area contributed by atoms with Crippen LogP contribution >= 0.6 is 0 Å². The molecule has 1 saturated heterocycles. The van der Waals surface area contributed by atoms with Crippen molar-refractivity contribution in [2.75, 3.05) is 24.5 Å². The molecule has 8 heteroatoms. The first-order valence-electron chi connectivity index (χ1n) is 7.00. The smallest absolute Gasteiger partial charge is 0.295 e. The van der Waals surface area contributed by atoms with Crippen LogP contribution in [0.1, 0.15) is 36.8 Å². The van der Waals surface area contributed by atoms with Gasteiger partial charge in [-0.1, -0.05) is 0 Å². The third-order valence-electron chi connectivity index (χ3n) is 3.34. The Morgan fingerprint density at radius 1 is 1.38 bits per heavy atom. The number of aromatic nitrogens is 2. The number of Topliss-reactive ketones (excluding diaryl/α,β-unsaturated/α-hetero) is 1. The minimum absolute atomic E-state index is 0.279. The van der Waals surface area contributed by atoms with Crippen LogP contribution in [0.4, 0.5) is 5.82 Å². The Balaban J connectivity index is 2.36. The fourth-order valence-electron chi connectivity index (χ4n) is 2.26. The van der Waals surface area contributed by atoms with Crippen LogP contribution in [0.25, 0.3) is 0 Å². The fraction of sp³-hybridized carbons (Fsp3) is 0.538. The number of carbonyl (C=O) groups is 2. The molecule has 0 saturated carbocycles. The van der Waals surface area contributed by atoms with Gasteiger partial charge in [-0.15, -0.1) is 4.73 Å². The van der Waals surface area contributed by atoms with Crippen LogP contribution in [-0.2, 0) is 4.79 Å². The molecular weight excluding hydrogens is 274 g/mol. The lowest BCUT2D eigenvalue weighted by Gasteiger charge is -2.28. The van der Waals surface area contributed by atoms with Gasteiger partial charge in [0.1, 0.15) is 5.82 Å². The number of anilines is 1. The molecule has 0 bridgehead atoms. The third-order valence-corrected chi connectivity index (χ3v) is 3.34. The molecule has 0 unspecified atom stereocenters. The lowest BCUT2D eigenvalue weighted by Crippen LogP contribution is -2.38. The average molecular weight is 293 g/mol.